The SMILES string of the molecule is CCC1(C(=O)O)CCCN(Cc2nncn2C)C1. The molecular formula is C12H20N4O2. The van der Waals surface area contributed by atoms with E-state index in [0.29, 0.717) is 19.5 Å². The first-order chi connectivity index (χ1) is 8.57. The molecule has 0 amide bonds. The Hall–Kier alpha value is -1.43. The molecule has 18 heavy (non-hydrogen) atoms. The monoisotopic (exact) mass is 252 g/mol. The Morgan fingerprint density at radius 3 is 2.94 bits per heavy atom. The highest BCUT2D eigenvalue weighted by Gasteiger charge is 2.40. The van der Waals surface area contributed by atoms with E-state index in [-0.39, 0.29) is 0 Å². The second kappa shape index (κ2) is 5.06. The van der Waals surface area contributed by atoms with Crippen LogP contribution < -0.4 is 0 Å². The molecule has 1 atom stereocenters. The molecule has 2 heterocycles. The third-order valence-electron chi connectivity index (χ3n) is 3.96. The molecule has 1 aromatic heterocycles. The Kier molecular flexibility index (Phi) is 3.65. The number of rotatable bonds is 4. The number of likely N-dealkylation sites (tertiary alicyclic amines) is 1. The van der Waals surface area contributed by atoms with Gasteiger partial charge in [0, 0.05) is 13.6 Å². The Bertz CT molecular complexity index is 431. The van der Waals surface area contributed by atoms with Crippen molar-refractivity contribution in [3.63, 3.8) is 0 Å². The van der Waals surface area contributed by atoms with Gasteiger partial charge in [0.1, 0.15) is 12.2 Å². The number of hydrogen-bond donors (Lipinski definition) is 1. The second-order valence-electron chi connectivity index (χ2n) is 5.11. The van der Waals surface area contributed by atoms with Crippen LogP contribution in [0, 0.1) is 5.41 Å². The van der Waals surface area contributed by atoms with Crippen molar-refractivity contribution < 1.29 is 9.90 Å². The van der Waals surface area contributed by atoms with Crippen molar-refractivity contribution in [2.45, 2.75) is 32.7 Å². The fourth-order valence-corrected chi connectivity index (χ4v) is 2.63. The lowest BCUT2D eigenvalue weighted by molar-refractivity contribution is -0.153. The van der Waals surface area contributed by atoms with Crippen LogP contribution in [-0.4, -0.2) is 43.8 Å². The highest BCUT2D eigenvalue weighted by atomic mass is 16.4. The van der Waals surface area contributed by atoms with Crippen LogP contribution in [0.1, 0.15) is 32.0 Å². The number of aliphatic carboxylic acids is 1. The summed E-state index contributed by atoms with van der Waals surface area (Å²) in [5.41, 5.74) is -0.586. The predicted octanol–water partition coefficient (Wildman–Crippen LogP) is 0.892. The molecule has 0 aromatic carbocycles. The molecule has 1 aromatic rings. The summed E-state index contributed by atoms with van der Waals surface area (Å²) in [7, 11) is 1.91. The molecule has 1 saturated heterocycles. The number of carboxylic acid groups (broad SMARTS) is 1. The van der Waals surface area contributed by atoms with Crippen LogP contribution in [0.25, 0.3) is 0 Å². The van der Waals surface area contributed by atoms with Gasteiger partial charge in [-0.1, -0.05) is 6.92 Å². The highest BCUT2D eigenvalue weighted by molar-refractivity contribution is 5.75. The Morgan fingerprint density at radius 1 is 1.61 bits per heavy atom. The van der Waals surface area contributed by atoms with Crippen molar-refractivity contribution in [1.82, 2.24) is 19.7 Å². The van der Waals surface area contributed by atoms with Gasteiger partial charge in [0.05, 0.1) is 12.0 Å². The van der Waals surface area contributed by atoms with Crippen LogP contribution >= 0.6 is 0 Å². The fourth-order valence-electron chi connectivity index (χ4n) is 2.63. The predicted molar refractivity (Wildman–Crippen MR) is 65.9 cm³/mol. The summed E-state index contributed by atoms with van der Waals surface area (Å²) in [5, 5.41) is 17.3. The number of nitrogens with zero attached hydrogens (tertiary/aromatic N) is 4. The second-order valence-corrected chi connectivity index (χ2v) is 5.11. The van der Waals surface area contributed by atoms with E-state index in [1.165, 1.54) is 0 Å². The van der Waals surface area contributed by atoms with Crippen LogP contribution in [0.5, 0.6) is 0 Å². The van der Waals surface area contributed by atoms with Crippen molar-refractivity contribution in [1.29, 1.82) is 0 Å². The maximum Gasteiger partial charge on any atom is 0.310 e. The van der Waals surface area contributed by atoms with Crippen LogP contribution in [0.4, 0.5) is 0 Å². The first-order valence-corrected chi connectivity index (χ1v) is 6.36. The molecule has 1 aliphatic rings. The van der Waals surface area contributed by atoms with E-state index in [4.69, 9.17) is 0 Å². The van der Waals surface area contributed by atoms with Crippen molar-refractivity contribution in [3.8, 4) is 0 Å². The maximum atomic E-state index is 11.5. The van der Waals surface area contributed by atoms with Gasteiger partial charge in [-0.2, -0.15) is 0 Å². The van der Waals surface area contributed by atoms with E-state index in [9.17, 15) is 9.90 Å². The standard InChI is InChI=1S/C12H20N4O2/c1-3-12(11(17)18)5-4-6-16(8-12)7-10-14-13-9-15(10)2/h9H,3-8H2,1-2H3,(H,17,18). The zero-order chi connectivity index (χ0) is 13.2. The number of hydrogen-bond acceptors (Lipinski definition) is 4. The molecule has 6 heteroatoms. The highest BCUT2D eigenvalue weighted by Crippen LogP contribution is 2.34. The summed E-state index contributed by atoms with van der Waals surface area (Å²) in [6.45, 7) is 4.17. The molecule has 1 fully saturated rings. The van der Waals surface area contributed by atoms with Gasteiger partial charge in [-0.05, 0) is 25.8 Å². The number of aryl methyl sites for hydroxylation is 1. The quantitative estimate of drug-likeness (QED) is 0.861. The minimum Gasteiger partial charge on any atom is -0.481 e. The average molecular weight is 252 g/mol. The minimum atomic E-state index is -0.673. The van der Waals surface area contributed by atoms with Crippen molar-refractivity contribution in [3.05, 3.63) is 12.2 Å². The molecule has 1 unspecified atom stereocenters. The molecular weight excluding hydrogens is 232 g/mol. The zero-order valence-electron chi connectivity index (χ0n) is 11.0. The van der Waals surface area contributed by atoms with E-state index in [0.717, 1.165) is 25.2 Å². The zero-order valence-corrected chi connectivity index (χ0v) is 11.0. The van der Waals surface area contributed by atoms with Gasteiger partial charge in [0.2, 0.25) is 0 Å². The number of piperidine rings is 1. The molecule has 0 radical (unpaired) electrons. The van der Waals surface area contributed by atoms with Gasteiger partial charge in [-0.25, -0.2) is 0 Å². The number of aromatic nitrogens is 3. The fraction of sp³-hybridized carbons (Fsp3) is 0.750. The molecule has 0 spiro atoms. The van der Waals surface area contributed by atoms with Crippen LogP contribution in [0.2, 0.25) is 0 Å². The van der Waals surface area contributed by atoms with Gasteiger partial charge in [0.15, 0.2) is 0 Å². The molecule has 100 valence electrons. The smallest absolute Gasteiger partial charge is 0.310 e. The minimum absolute atomic E-state index is 0.586. The summed E-state index contributed by atoms with van der Waals surface area (Å²) >= 11 is 0. The largest absolute Gasteiger partial charge is 0.481 e. The summed E-state index contributed by atoms with van der Waals surface area (Å²) in [5.74, 6) is 0.208. The Labute approximate surface area is 107 Å². The van der Waals surface area contributed by atoms with E-state index in [1.807, 2.05) is 18.5 Å². The Balaban J connectivity index is 2.07. The summed E-state index contributed by atoms with van der Waals surface area (Å²) in [4.78, 5) is 13.6. The summed E-state index contributed by atoms with van der Waals surface area (Å²) in [6.07, 6.45) is 4.05. The summed E-state index contributed by atoms with van der Waals surface area (Å²) in [6, 6.07) is 0. The van der Waals surface area contributed by atoms with Crippen LogP contribution in [0.3, 0.4) is 0 Å². The van der Waals surface area contributed by atoms with Crippen molar-refractivity contribution in [2.75, 3.05) is 13.1 Å². The van der Waals surface area contributed by atoms with E-state index in [1.54, 1.807) is 6.33 Å². The lowest BCUT2D eigenvalue weighted by Gasteiger charge is -2.39. The van der Waals surface area contributed by atoms with Crippen molar-refractivity contribution >= 4 is 5.97 Å². The molecule has 6 nitrogen and oxygen atoms in total. The van der Waals surface area contributed by atoms with Crippen LogP contribution in [-0.2, 0) is 18.4 Å². The molecule has 1 N–H and O–H groups in total. The van der Waals surface area contributed by atoms with Crippen LogP contribution in [0.15, 0.2) is 6.33 Å². The normalized spacial score (nSPS) is 25.2. The van der Waals surface area contributed by atoms with Gasteiger partial charge >= 0.3 is 5.97 Å². The average Bonchev–Trinajstić information content (AvgIpc) is 2.75. The van der Waals surface area contributed by atoms with E-state index in [2.05, 4.69) is 15.1 Å². The first-order valence-electron chi connectivity index (χ1n) is 6.36. The topological polar surface area (TPSA) is 71.2 Å². The molecule has 0 aliphatic carbocycles. The molecule has 0 saturated carbocycles. The van der Waals surface area contributed by atoms with Gasteiger partial charge in [0.25, 0.3) is 0 Å². The first kappa shape index (κ1) is 13.0. The van der Waals surface area contributed by atoms with Gasteiger partial charge < -0.3 is 9.67 Å². The van der Waals surface area contributed by atoms with E-state index >= 15 is 0 Å². The lowest BCUT2D eigenvalue weighted by Crippen LogP contribution is -2.47. The third-order valence-corrected chi connectivity index (χ3v) is 3.96. The van der Waals surface area contributed by atoms with E-state index < -0.39 is 11.4 Å². The lowest BCUT2D eigenvalue weighted by atomic mass is 9.77. The van der Waals surface area contributed by atoms with Crippen molar-refractivity contribution in [2.24, 2.45) is 12.5 Å². The Morgan fingerprint density at radius 2 is 2.39 bits per heavy atom. The molecule has 1 aliphatic heterocycles. The summed E-state index contributed by atoms with van der Waals surface area (Å²) < 4.78 is 1.88. The third kappa shape index (κ3) is 2.38. The molecule has 2 rings (SSSR count). The molecule has 0 bridgehead atoms. The van der Waals surface area contributed by atoms with Gasteiger partial charge in [-0.15, -0.1) is 10.2 Å². The maximum absolute atomic E-state index is 11.5. The number of carboxylic acids is 1. The number of carbonyl (C=O) groups is 1. The van der Waals surface area contributed by atoms with Gasteiger partial charge in [-0.3, -0.25) is 9.69 Å².